The Hall–Kier alpha value is -0.690. The van der Waals surface area contributed by atoms with Crippen LogP contribution in [0.5, 0.6) is 0 Å². The van der Waals surface area contributed by atoms with Crippen LogP contribution in [-0.2, 0) is 19.0 Å². The molecule has 3 aliphatic heterocycles. The van der Waals surface area contributed by atoms with Crippen molar-refractivity contribution in [3.05, 3.63) is 0 Å². The van der Waals surface area contributed by atoms with Crippen molar-refractivity contribution in [2.75, 3.05) is 52.7 Å². The summed E-state index contributed by atoms with van der Waals surface area (Å²) >= 11 is 0. The standard InChI is InChI=1S/C13H22N2O4/c16-12-1-3-15(13(8-14-12)9-18-10-13)4-6-19-11-2-5-17-7-11/h11H,1-10H2,(H,14,16). The Bertz CT molecular complexity index is 327. The van der Waals surface area contributed by atoms with Crippen LogP contribution in [0.3, 0.4) is 0 Å². The minimum absolute atomic E-state index is 0.00168. The van der Waals surface area contributed by atoms with Gasteiger partial charge in [0.15, 0.2) is 0 Å². The van der Waals surface area contributed by atoms with Crippen LogP contribution in [0.4, 0.5) is 0 Å². The average Bonchev–Trinajstić information content (AvgIpc) is 2.80. The molecule has 3 saturated heterocycles. The SMILES string of the molecule is O=C1CCN(CCOC2CCOC2)C2(CN1)COC2. The molecule has 1 spiro atoms. The van der Waals surface area contributed by atoms with E-state index in [0.29, 0.717) is 39.4 Å². The summed E-state index contributed by atoms with van der Waals surface area (Å²) in [6, 6.07) is 0. The second-order valence-electron chi connectivity index (χ2n) is 5.59. The Kier molecular flexibility index (Phi) is 4.02. The lowest BCUT2D eigenvalue weighted by Gasteiger charge is -2.48. The molecule has 19 heavy (non-hydrogen) atoms. The fourth-order valence-electron chi connectivity index (χ4n) is 2.88. The van der Waals surface area contributed by atoms with E-state index in [0.717, 1.165) is 26.1 Å². The molecule has 3 rings (SSSR count). The first-order valence-corrected chi connectivity index (χ1v) is 7.07. The minimum atomic E-state index is 0.00168. The Morgan fingerprint density at radius 3 is 3.00 bits per heavy atom. The van der Waals surface area contributed by atoms with Gasteiger partial charge in [-0.15, -0.1) is 0 Å². The predicted octanol–water partition coefficient (Wildman–Crippen LogP) is -0.617. The molecule has 1 unspecified atom stereocenters. The van der Waals surface area contributed by atoms with Gasteiger partial charge in [0.2, 0.25) is 5.91 Å². The van der Waals surface area contributed by atoms with Gasteiger partial charge in [-0.25, -0.2) is 0 Å². The van der Waals surface area contributed by atoms with Gasteiger partial charge in [-0.05, 0) is 6.42 Å². The molecule has 0 aliphatic carbocycles. The zero-order chi connectivity index (χ0) is 13.1. The predicted molar refractivity (Wildman–Crippen MR) is 67.9 cm³/mol. The van der Waals surface area contributed by atoms with Crippen molar-refractivity contribution in [1.82, 2.24) is 10.2 Å². The second-order valence-corrected chi connectivity index (χ2v) is 5.59. The van der Waals surface area contributed by atoms with Crippen molar-refractivity contribution in [3.8, 4) is 0 Å². The molecule has 0 saturated carbocycles. The van der Waals surface area contributed by atoms with Gasteiger partial charge in [-0.1, -0.05) is 0 Å². The van der Waals surface area contributed by atoms with E-state index in [9.17, 15) is 4.79 Å². The van der Waals surface area contributed by atoms with Crippen LogP contribution in [0.2, 0.25) is 0 Å². The quantitative estimate of drug-likeness (QED) is 0.738. The summed E-state index contributed by atoms with van der Waals surface area (Å²) in [6.45, 7) is 5.98. The molecule has 0 bridgehead atoms. The number of nitrogens with one attached hydrogen (secondary N) is 1. The Labute approximate surface area is 113 Å². The number of nitrogens with zero attached hydrogens (tertiary/aromatic N) is 1. The van der Waals surface area contributed by atoms with Gasteiger partial charge in [-0.2, -0.15) is 0 Å². The van der Waals surface area contributed by atoms with Crippen LogP contribution >= 0.6 is 0 Å². The van der Waals surface area contributed by atoms with Crippen molar-refractivity contribution in [3.63, 3.8) is 0 Å². The van der Waals surface area contributed by atoms with E-state index >= 15 is 0 Å². The minimum Gasteiger partial charge on any atom is -0.379 e. The summed E-state index contributed by atoms with van der Waals surface area (Å²) in [7, 11) is 0. The highest BCUT2D eigenvalue weighted by atomic mass is 16.5. The summed E-state index contributed by atoms with van der Waals surface area (Å²) in [6.07, 6.45) is 1.81. The van der Waals surface area contributed by atoms with Crippen molar-refractivity contribution in [2.45, 2.75) is 24.5 Å². The fourth-order valence-corrected chi connectivity index (χ4v) is 2.88. The highest BCUT2D eigenvalue weighted by Gasteiger charge is 2.45. The molecular weight excluding hydrogens is 248 g/mol. The third-order valence-corrected chi connectivity index (χ3v) is 4.24. The Morgan fingerprint density at radius 2 is 2.32 bits per heavy atom. The van der Waals surface area contributed by atoms with Gasteiger partial charge in [0, 0.05) is 32.7 Å². The maximum Gasteiger partial charge on any atom is 0.221 e. The lowest BCUT2D eigenvalue weighted by Crippen LogP contribution is -2.66. The highest BCUT2D eigenvalue weighted by Crippen LogP contribution is 2.26. The van der Waals surface area contributed by atoms with Gasteiger partial charge in [0.05, 0.1) is 38.1 Å². The number of ether oxygens (including phenoxy) is 3. The molecule has 3 heterocycles. The van der Waals surface area contributed by atoms with Crippen LogP contribution in [0.15, 0.2) is 0 Å². The molecular formula is C13H22N2O4. The van der Waals surface area contributed by atoms with Crippen molar-refractivity contribution >= 4 is 5.91 Å². The average molecular weight is 270 g/mol. The molecule has 1 amide bonds. The molecule has 0 aromatic rings. The molecule has 3 fully saturated rings. The highest BCUT2D eigenvalue weighted by molar-refractivity contribution is 5.76. The summed E-state index contributed by atoms with van der Waals surface area (Å²) < 4.78 is 16.5. The smallest absolute Gasteiger partial charge is 0.221 e. The van der Waals surface area contributed by atoms with Crippen LogP contribution in [0.1, 0.15) is 12.8 Å². The van der Waals surface area contributed by atoms with E-state index in [1.165, 1.54) is 0 Å². The largest absolute Gasteiger partial charge is 0.379 e. The maximum atomic E-state index is 11.5. The lowest BCUT2D eigenvalue weighted by atomic mass is 9.95. The number of hydrogen-bond acceptors (Lipinski definition) is 5. The van der Waals surface area contributed by atoms with Crippen molar-refractivity contribution < 1.29 is 19.0 Å². The van der Waals surface area contributed by atoms with Gasteiger partial charge in [0.25, 0.3) is 0 Å². The van der Waals surface area contributed by atoms with Gasteiger partial charge in [0.1, 0.15) is 0 Å². The number of carbonyl (C=O) groups excluding carboxylic acids is 1. The molecule has 3 aliphatic rings. The Balaban J connectivity index is 1.50. The fraction of sp³-hybridized carbons (Fsp3) is 0.923. The van der Waals surface area contributed by atoms with Crippen LogP contribution in [0.25, 0.3) is 0 Å². The topological polar surface area (TPSA) is 60.0 Å². The first-order valence-electron chi connectivity index (χ1n) is 7.07. The van der Waals surface area contributed by atoms with Crippen LogP contribution in [0, 0.1) is 0 Å². The molecule has 0 aromatic heterocycles. The summed E-state index contributed by atoms with van der Waals surface area (Å²) in [5, 5.41) is 2.98. The Morgan fingerprint density at radius 1 is 1.42 bits per heavy atom. The molecule has 6 nitrogen and oxygen atoms in total. The summed E-state index contributed by atoms with van der Waals surface area (Å²) in [5.41, 5.74) is 0.00168. The third-order valence-electron chi connectivity index (χ3n) is 4.24. The normalized spacial score (nSPS) is 30.9. The zero-order valence-corrected chi connectivity index (χ0v) is 11.2. The molecule has 0 radical (unpaired) electrons. The number of hydrogen-bond donors (Lipinski definition) is 1. The van der Waals surface area contributed by atoms with Crippen LogP contribution < -0.4 is 5.32 Å². The van der Waals surface area contributed by atoms with Crippen LogP contribution in [-0.4, -0.2) is 75.1 Å². The van der Waals surface area contributed by atoms with Gasteiger partial charge >= 0.3 is 0 Å². The first-order chi connectivity index (χ1) is 9.28. The first kappa shape index (κ1) is 13.3. The molecule has 1 atom stereocenters. The monoisotopic (exact) mass is 270 g/mol. The van der Waals surface area contributed by atoms with Gasteiger partial charge in [-0.3, -0.25) is 9.69 Å². The molecule has 1 N–H and O–H groups in total. The van der Waals surface area contributed by atoms with Gasteiger partial charge < -0.3 is 19.5 Å². The third kappa shape index (κ3) is 2.91. The number of rotatable bonds is 4. The lowest BCUT2D eigenvalue weighted by molar-refractivity contribution is -0.140. The van der Waals surface area contributed by atoms with E-state index in [4.69, 9.17) is 14.2 Å². The van der Waals surface area contributed by atoms with E-state index in [2.05, 4.69) is 10.2 Å². The van der Waals surface area contributed by atoms with E-state index in [-0.39, 0.29) is 17.6 Å². The molecule has 108 valence electrons. The second kappa shape index (κ2) is 5.75. The zero-order valence-electron chi connectivity index (χ0n) is 11.2. The maximum absolute atomic E-state index is 11.5. The van der Waals surface area contributed by atoms with E-state index < -0.39 is 0 Å². The summed E-state index contributed by atoms with van der Waals surface area (Å²) in [4.78, 5) is 13.9. The molecule has 0 aromatic carbocycles. The number of carbonyl (C=O) groups is 1. The van der Waals surface area contributed by atoms with Crippen molar-refractivity contribution in [2.24, 2.45) is 0 Å². The number of amides is 1. The summed E-state index contributed by atoms with van der Waals surface area (Å²) in [5.74, 6) is 0.138. The van der Waals surface area contributed by atoms with E-state index in [1.807, 2.05) is 0 Å². The van der Waals surface area contributed by atoms with E-state index in [1.54, 1.807) is 0 Å². The molecule has 6 heteroatoms. The van der Waals surface area contributed by atoms with Crippen molar-refractivity contribution in [1.29, 1.82) is 0 Å².